The fraction of sp³-hybridized carbons (Fsp3) is 0.375. The molecule has 0 radical (unpaired) electrons. The van der Waals surface area contributed by atoms with E-state index in [2.05, 4.69) is 163 Å². The van der Waals surface area contributed by atoms with Crippen molar-refractivity contribution in [3.8, 4) is 22.3 Å². The Morgan fingerprint density at radius 2 is 0.911 bits per heavy atom. The predicted molar refractivity (Wildman–Crippen MR) is 237 cm³/mol. The number of benzene rings is 4. The van der Waals surface area contributed by atoms with Gasteiger partial charge in [0.2, 0.25) is 0 Å². The van der Waals surface area contributed by atoms with Crippen LogP contribution >= 0.6 is 17.0 Å². The van der Waals surface area contributed by atoms with Crippen molar-refractivity contribution < 1.29 is 25.8 Å². The van der Waals surface area contributed by atoms with Gasteiger partial charge < -0.3 is 0 Å². The molecule has 6 unspecified atom stereocenters. The first-order valence-electron chi connectivity index (χ1n) is 20.7. The van der Waals surface area contributed by atoms with E-state index >= 15 is 0 Å². The van der Waals surface area contributed by atoms with Gasteiger partial charge in [0.25, 0.3) is 0 Å². The third-order valence-corrected chi connectivity index (χ3v) is 33.3. The number of carbonyl (C=O) groups is 2. The Balaban J connectivity index is 1.71. The van der Waals surface area contributed by atoms with Gasteiger partial charge >= 0.3 is 346 Å². The van der Waals surface area contributed by atoms with Gasteiger partial charge in [0.15, 0.2) is 0 Å². The summed E-state index contributed by atoms with van der Waals surface area (Å²) in [5.41, 5.74) is 14.1. The topological polar surface area (TPSA) is 58.2 Å². The van der Waals surface area contributed by atoms with Gasteiger partial charge in [-0.25, -0.2) is 0 Å². The average Bonchev–Trinajstić information content (AvgIpc) is 3.84. The number of amides is 2. The monoisotopic (exact) mass is 865 g/mol. The summed E-state index contributed by atoms with van der Waals surface area (Å²) in [4.78, 5) is 25.4. The van der Waals surface area contributed by atoms with E-state index in [4.69, 9.17) is 17.0 Å². The zero-order valence-corrected chi connectivity index (χ0v) is 38.3. The van der Waals surface area contributed by atoms with Gasteiger partial charge in [0.1, 0.15) is 0 Å². The van der Waals surface area contributed by atoms with E-state index in [1.54, 1.807) is 0 Å². The Hall–Kier alpha value is -3.17. The second-order valence-corrected chi connectivity index (χ2v) is 37.8. The zero-order chi connectivity index (χ0) is 40.4. The second-order valence-electron chi connectivity index (χ2n) is 16.4. The van der Waals surface area contributed by atoms with E-state index < -0.39 is 27.9 Å². The summed E-state index contributed by atoms with van der Waals surface area (Å²) in [6.45, 7) is 18.0. The molecule has 0 spiro atoms. The summed E-state index contributed by atoms with van der Waals surface area (Å²) in [6, 6.07) is 30.6. The first kappa shape index (κ1) is 42.4. The molecule has 2 aliphatic carbocycles. The van der Waals surface area contributed by atoms with Crippen LogP contribution in [-0.4, -0.2) is 17.3 Å². The predicted octanol–water partition coefficient (Wildman–Crippen LogP) is 13.2. The summed E-state index contributed by atoms with van der Waals surface area (Å²) in [5, 5.41) is 6.09. The Morgan fingerprint density at radius 1 is 0.554 bits per heavy atom. The normalized spacial score (nSPS) is 18.9. The average molecular weight is 868 g/mol. The van der Waals surface area contributed by atoms with Gasteiger partial charge in [-0.1, -0.05) is 0 Å². The molecule has 0 saturated heterocycles. The van der Waals surface area contributed by atoms with E-state index in [0.717, 1.165) is 59.1 Å². The number of nitrogens with one attached hydrogen (secondary N) is 2. The number of rotatable bonds is 17. The van der Waals surface area contributed by atoms with Gasteiger partial charge in [-0.2, -0.15) is 0 Å². The first-order valence-corrected chi connectivity index (χ1v) is 31.3. The summed E-state index contributed by atoms with van der Waals surface area (Å²) in [7, 11) is 17.7. The van der Waals surface area contributed by atoms with Crippen LogP contribution < -0.4 is 10.5 Å². The van der Waals surface area contributed by atoms with Gasteiger partial charge in [0.05, 0.1) is 0 Å². The molecular formula is C48H58BCl2N2O2Zr. The molecule has 2 aliphatic rings. The fourth-order valence-electron chi connectivity index (χ4n) is 9.66. The Labute approximate surface area is 344 Å². The molecule has 0 bridgehead atoms. The van der Waals surface area contributed by atoms with Crippen LogP contribution in [0.3, 0.4) is 0 Å². The molecule has 0 fully saturated rings. The Morgan fingerprint density at radius 3 is 1.27 bits per heavy atom. The molecule has 0 aromatic heterocycles. The van der Waals surface area contributed by atoms with Gasteiger partial charge in [0, 0.05) is 0 Å². The van der Waals surface area contributed by atoms with Gasteiger partial charge in [-0.3, -0.25) is 0 Å². The van der Waals surface area contributed by atoms with Crippen molar-refractivity contribution in [1.29, 1.82) is 0 Å². The van der Waals surface area contributed by atoms with Crippen LogP contribution in [0.15, 0.2) is 96.1 Å². The number of hydrogen-bond acceptors (Lipinski definition) is 2. The second kappa shape index (κ2) is 17.4. The molecule has 0 heterocycles. The molecule has 4 aromatic carbocycles. The van der Waals surface area contributed by atoms with Crippen molar-refractivity contribution in [3.63, 3.8) is 0 Å². The third-order valence-electron chi connectivity index (χ3n) is 13.5. The fourth-order valence-corrected chi connectivity index (χ4v) is 30.4. The number of hydrogen-bond donors (Lipinski definition) is 2. The van der Waals surface area contributed by atoms with Crippen molar-refractivity contribution in [2.45, 2.75) is 100 Å². The molecule has 4 aromatic rings. The molecule has 2 amide bonds. The number of carbonyl (C=O) groups excluding carboxylic acids is 2. The minimum atomic E-state index is -5.98. The summed E-state index contributed by atoms with van der Waals surface area (Å²) >= 11 is -5.98. The number of fused-ring (bicyclic) bond motifs is 2. The van der Waals surface area contributed by atoms with E-state index in [1.165, 1.54) is 33.4 Å². The third kappa shape index (κ3) is 7.15. The van der Waals surface area contributed by atoms with E-state index in [9.17, 15) is 9.59 Å². The van der Waals surface area contributed by atoms with Crippen LogP contribution in [0.5, 0.6) is 0 Å². The quantitative estimate of drug-likeness (QED) is 0.0820. The van der Waals surface area contributed by atoms with Crippen molar-refractivity contribution in [2.75, 3.05) is 0 Å². The Kier molecular flexibility index (Phi) is 13.2. The van der Waals surface area contributed by atoms with Crippen molar-refractivity contribution >= 4 is 46.5 Å². The molecule has 8 heteroatoms. The summed E-state index contributed by atoms with van der Waals surface area (Å²) < 4.78 is -1.79. The first-order chi connectivity index (χ1) is 26.9. The molecule has 4 nitrogen and oxygen atoms in total. The summed E-state index contributed by atoms with van der Waals surface area (Å²) in [6.07, 6.45) is 9.84. The molecule has 6 atom stereocenters. The minimum absolute atomic E-state index is 0.133. The molecule has 0 aliphatic heterocycles. The van der Waals surface area contributed by atoms with Crippen LogP contribution in [-0.2, 0) is 25.8 Å². The molecule has 2 N–H and O–H groups in total. The van der Waals surface area contributed by atoms with Gasteiger partial charge in [-0.15, -0.1) is 0 Å². The van der Waals surface area contributed by atoms with E-state index in [-0.39, 0.29) is 11.8 Å². The van der Waals surface area contributed by atoms with Crippen LogP contribution in [0.1, 0.15) is 134 Å². The van der Waals surface area contributed by atoms with Crippen molar-refractivity contribution in [3.05, 3.63) is 129 Å². The molecule has 6 rings (SSSR count). The van der Waals surface area contributed by atoms with Crippen LogP contribution in [0.4, 0.5) is 0 Å². The molecular weight excluding hydrogens is 809 g/mol. The van der Waals surface area contributed by atoms with E-state index in [0.29, 0.717) is 24.7 Å². The summed E-state index contributed by atoms with van der Waals surface area (Å²) in [5.74, 6) is 1.01. The maximum absolute atomic E-state index is 12.7. The number of halogens is 2. The van der Waals surface area contributed by atoms with Crippen molar-refractivity contribution in [2.24, 2.45) is 11.8 Å². The SMILES string of the molecule is CCC(C)C1=Cc2c(-c3ccccc3C(C)CC)cccc2[CH]1[Zr]([Cl])([Cl])([B](NC=O)NC=O)[CH]1C(C(C)CC)=Cc2c(-c3ccccc3C(C)CC)cccc21. The Bertz CT molecular complexity index is 2020. The molecule has 0 saturated carbocycles. The van der Waals surface area contributed by atoms with E-state index in [1.807, 2.05) is 0 Å². The van der Waals surface area contributed by atoms with Crippen LogP contribution in [0, 0.1) is 11.8 Å². The van der Waals surface area contributed by atoms with Crippen LogP contribution in [0.25, 0.3) is 34.4 Å². The number of allylic oxidation sites excluding steroid dienone is 2. The van der Waals surface area contributed by atoms with Crippen LogP contribution in [0.2, 0.25) is 0 Å². The maximum atomic E-state index is 12.7. The van der Waals surface area contributed by atoms with Crippen molar-refractivity contribution in [1.82, 2.24) is 10.5 Å². The molecule has 293 valence electrons. The molecule has 56 heavy (non-hydrogen) atoms. The zero-order valence-electron chi connectivity index (χ0n) is 34.3. The van der Waals surface area contributed by atoms with Gasteiger partial charge in [-0.05, 0) is 0 Å². The standard InChI is InChI=1S/2C23H27.C2H3BN2O2.2ClH.Zr/c2*1-5-16(3)19-14-18-10-9-13-22(23(18)15-19)21-12-8-7-11-20(21)17(4)6-2;6-1-4-3-5-2-7;;;/h2*7-17H,5-6H2,1-4H3;1-2H,(H-,4,5,6,7);2*1H;/q;;;;;+1/p-1.